The monoisotopic (exact) mass is 262 g/mol. The van der Waals surface area contributed by atoms with E-state index in [1.807, 2.05) is 13.0 Å². The lowest BCUT2D eigenvalue weighted by Gasteiger charge is -2.09. The van der Waals surface area contributed by atoms with Gasteiger partial charge in [-0.25, -0.2) is 0 Å². The molecule has 0 bridgehead atoms. The van der Waals surface area contributed by atoms with Crippen molar-refractivity contribution in [2.24, 2.45) is 0 Å². The van der Waals surface area contributed by atoms with Crippen LogP contribution in [0.5, 0.6) is 0 Å². The first-order chi connectivity index (χ1) is 7.13. The van der Waals surface area contributed by atoms with E-state index in [4.69, 9.17) is 35.4 Å². The third-order valence-electron chi connectivity index (χ3n) is 1.79. The molecule has 0 aromatic heterocycles. The largest absolute Gasteiger partial charge is 0.363 e. The molecule has 0 aliphatic rings. The molecule has 5 heteroatoms. The summed E-state index contributed by atoms with van der Waals surface area (Å²) in [6, 6.07) is 5.41. The number of thiocarbonyl (C=S) groups is 1. The van der Waals surface area contributed by atoms with Gasteiger partial charge in [0.05, 0.1) is 0 Å². The smallest absolute Gasteiger partial charge is 0.166 e. The van der Waals surface area contributed by atoms with Crippen LogP contribution in [0.25, 0.3) is 0 Å². The second kappa shape index (κ2) is 6.16. The van der Waals surface area contributed by atoms with Crippen LogP contribution >= 0.6 is 35.4 Å². The van der Waals surface area contributed by atoms with Crippen molar-refractivity contribution in [2.75, 3.05) is 6.54 Å². The number of hydrogen-bond donors (Lipinski definition) is 2. The lowest BCUT2D eigenvalue weighted by molar-refractivity contribution is 0.855. The maximum absolute atomic E-state index is 6.00. The Balaban J connectivity index is 2.54. The van der Waals surface area contributed by atoms with E-state index in [0.29, 0.717) is 21.7 Å². The van der Waals surface area contributed by atoms with Crippen molar-refractivity contribution in [3.05, 3.63) is 33.8 Å². The molecule has 0 aliphatic carbocycles. The Morgan fingerprint density at radius 2 is 2.07 bits per heavy atom. The van der Waals surface area contributed by atoms with Crippen molar-refractivity contribution in [3.8, 4) is 0 Å². The zero-order valence-electron chi connectivity index (χ0n) is 8.31. The van der Waals surface area contributed by atoms with Gasteiger partial charge in [-0.15, -0.1) is 0 Å². The number of benzene rings is 1. The van der Waals surface area contributed by atoms with Crippen LogP contribution in [0.4, 0.5) is 0 Å². The minimum absolute atomic E-state index is 0.599. The van der Waals surface area contributed by atoms with Gasteiger partial charge in [-0.3, -0.25) is 0 Å². The number of halogens is 2. The van der Waals surface area contributed by atoms with Crippen molar-refractivity contribution >= 4 is 40.5 Å². The standard InChI is InChI=1S/C10H12Cl2N2S/c1-2-13-10(15)14-6-7-3-4-8(11)5-9(7)12/h3-5H,2,6H2,1H3,(H2,13,14,15). The molecule has 0 spiro atoms. The van der Waals surface area contributed by atoms with Crippen molar-refractivity contribution < 1.29 is 0 Å². The van der Waals surface area contributed by atoms with Crippen LogP contribution in [0.3, 0.4) is 0 Å². The summed E-state index contributed by atoms with van der Waals surface area (Å²) >= 11 is 16.8. The van der Waals surface area contributed by atoms with Crippen molar-refractivity contribution in [1.29, 1.82) is 0 Å². The Morgan fingerprint density at radius 3 is 2.67 bits per heavy atom. The number of nitrogens with one attached hydrogen (secondary N) is 2. The quantitative estimate of drug-likeness (QED) is 0.820. The average molecular weight is 263 g/mol. The zero-order valence-corrected chi connectivity index (χ0v) is 10.6. The molecule has 0 radical (unpaired) electrons. The summed E-state index contributed by atoms with van der Waals surface area (Å²) in [7, 11) is 0. The van der Waals surface area contributed by atoms with Crippen LogP contribution in [-0.2, 0) is 6.54 Å². The molecular formula is C10H12Cl2N2S. The topological polar surface area (TPSA) is 24.1 Å². The fraction of sp³-hybridized carbons (Fsp3) is 0.300. The molecule has 0 saturated carbocycles. The van der Waals surface area contributed by atoms with Gasteiger partial charge in [0, 0.05) is 23.1 Å². The van der Waals surface area contributed by atoms with Crippen LogP contribution in [0.15, 0.2) is 18.2 Å². The summed E-state index contributed by atoms with van der Waals surface area (Å²) < 4.78 is 0. The molecule has 0 aliphatic heterocycles. The second-order valence-corrected chi connectivity index (χ2v) is 4.20. The van der Waals surface area contributed by atoms with E-state index in [1.54, 1.807) is 12.1 Å². The Labute approximate surface area is 105 Å². The Bertz CT molecular complexity index is 355. The van der Waals surface area contributed by atoms with Crippen LogP contribution in [0, 0.1) is 0 Å². The summed E-state index contributed by atoms with van der Waals surface area (Å²) in [5.41, 5.74) is 0.973. The van der Waals surface area contributed by atoms with E-state index in [1.165, 1.54) is 0 Å². The number of rotatable bonds is 3. The Hall–Kier alpha value is -0.510. The van der Waals surface area contributed by atoms with Crippen molar-refractivity contribution in [2.45, 2.75) is 13.5 Å². The summed E-state index contributed by atoms with van der Waals surface area (Å²) in [6.45, 7) is 3.39. The highest BCUT2D eigenvalue weighted by Crippen LogP contribution is 2.20. The first-order valence-electron chi connectivity index (χ1n) is 4.59. The summed E-state index contributed by atoms with van der Waals surface area (Å²) in [4.78, 5) is 0. The summed E-state index contributed by atoms with van der Waals surface area (Å²) in [5.74, 6) is 0. The van der Waals surface area contributed by atoms with E-state index in [-0.39, 0.29) is 0 Å². The van der Waals surface area contributed by atoms with Gasteiger partial charge in [0.1, 0.15) is 0 Å². The second-order valence-electron chi connectivity index (χ2n) is 2.95. The molecule has 15 heavy (non-hydrogen) atoms. The predicted molar refractivity (Wildman–Crippen MR) is 69.6 cm³/mol. The van der Waals surface area contributed by atoms with Crippen LogP contribution in [-0.4, -0.2) is 11.7 Å². The molecule has 2 N–H and O–H groups in total. The van der Waals surface area contributed by atoms with Gasteiger partial charge in [-0.1, -0.05) is 29.3 Å². The molecule has 0 unspecified atom stereocenters. The molecule has 0 atom stereocenters. The first kappa shape index (κ1) is 12.6. The van der Waals surface area contributed by atoms with Crippen LogP contribution in [0.2, 0.25) is 10.0 Å². The lowest BCUT2D eigenvalue weighted by atomic mass is 10.2. The van der Waals surface area contributed by atoms with Gasteiger partial charge < -0.3 is 10.6 Å². The fourth-order valence-electron chi connectivity index (χ4n) is 1.06. The van der Waals surface area contributed by atoms with Crippen molar-refractivity contribution in [1.82, 2.24) is 10.6 Å². The van der Waals surface area contributed by atoms with Gasteiger partial charge in [-0.05, 0) is 36.8 Å². The van der Waals surface area contributed by atoms with E-state index in [2.05, 4.69) is 10.6 Å². The van der Waals surface area contributed by atoms with Crippen molar-refractivity contribution in [3.63, 3.8) is 0 Å². The first-order valence-corrected chi connectivity index (χ1v) is 5.75. The zero-order chi connectivity index (χ0) is 11.3. The molecule has 0 heterocycles. The van der Waals surface area contributed by atoms with Gasteiger partial charge in [0.25, 0.3) is 0 Å². The Kier molecular flexibility index (Phi) is 5.15. The molecule has 0 fully saturated rings. The van der Waals surface area contributed by atoms with Gasteiger partial charge in [0.15, 0.2) is 5.11 Å². The molecule has 1 aromatic carbocycles. The minimum Gasteiger partial charge on any atom is -0.363 e. The highest BCUT2D eigenvalue weighted by molar-refractivity contribution is 7.80. The van der Waals surface area contributed by atoms with Crippen LogP contribution in [0.1, 0.15) is 12.5 Å². The maximum atomic E-state index is 6.00. The highest BCUT2D eigenvalue weighted by atomic mass is 35.5. The fourth-order valence-corrected chi connectivity index (χ4v) is 1.76. The highest BCUT2D eigenvalue weighted by Gasteiger charge is 2.01. The molecule has 0 saturated heterocycles. The predicted octanol–water partition coefficient (Wildman–Crippen LogP) is 2.98. The number of hydrogen-bond acceptors (Lipinski definition) is 1. The van der Waals surface area contributed by atoms with Gasteiger partial charge >= 0.3 is 0 Å². The molecular weight excluding hydrogens is 251 g/mol. The average Bonchev–Trinajstić information content (AvgIpc) is 2.17. The molecule has 0 amide bonds. The van der Waals surface area contributed by atoms with Gasteiger partial charge in [0.2, 0.25) is 0 Å². The van der Waals surface area contributed by atoms with Gasteiger partial charge in [-0.2, -0.15) is 0 Å². The van der Waals surface area contributed by atoms with E-state index < -0.39 is 0 Å². The normalized spacial score (nSPS) is 9.80. The van der Waals surface area contributed by atoms with Crippen LogP contribution < -0.4 is 10.6 Å². The van der Waals surface area contributed by atoms with E-state index in [0.717, 1.165) is 12.1 Å². The minimum atomic E-state index is 0.599. The SMILES string of the molecule is CCNC(=S)NCc1ccc(Cl)cc1Cl. The summed E-state index contributed by atoms with van der Waals surface area (Å²) in [6.07, 6.45) is 0. The molecule has 1 rings (SSSR count). The maximum Gasteiger partial charge on any atom is 0.166 e. The molecule has 1 aromatic rings. The van der Waals surface area contributed by atoms with E-state index >= 15 is 0 Å². The molecule has 2 nitrogen and oxygen atoms in total. The third-order valence-corrected chi connectivity index (χ3v) is 2.67. The van der Waals surface area contributed by atoms with E-state index in [9.17, 15) is 0 Å². The third kappa shape index (κ3) is 4.24. The summed E-state index contributed by atoms with van der Waals surface area (Å²) in [5, 5.41) is 7.96. The Morgan fingerprint density at radius 1 is 1.33 bits per heavy atom. The molecule has 82 valence electrons. The lowest BCUT2D eigenvalue weighted by Crippen LogP contribution is -2.34.